The number of likely N-dealkylation sites (N-methyl/N-ethyl adjacent to an activating group) is 1. The first-order chi connectivity index (χ1) is 9.67. The van der Waals surface area contributed by atoms with E-state index in [0.29, 0.717) is 12.0 Å². The molecule has 0 saturated heterocycles. The van der Waals surface area contributed by atoms with Gasteiger partial charge in [0.15, 0.2) is 11.6 Å². The molecule has 0 aliphatic rings. The molecular weight excluding hydrogens is 262 g/mol. The lowest BCUT2D eigenvalue weighted by molar-refractivity contribution is 0.466. The third-order valence-corrected chi connectivity index (χ3v) is 3.24. The van der Waals surface area contributed by atoms with Gasteiger partial charge in [-0.1, -0.05) is 24.3 Å². The number of aromatic nitrogens is 3. The van der Waals surface area contributed by atoms with E-state index in [-0.39, 0.29) is 6.04 Å². The molecule has 1 aromatic heterocycles. The Morgan fingerprint density at radius 2 is 2.15 bits per heavy atom. The highest BCUT2D eigenvalue weighted by molar-refractivity contribution is 5.21. The Hall–Kier alpha value is -1.82. The second kappa shape index (κ2) is 6.56. The molecule has 1 heterocycles. The van der Waals surface area contributed by atoms with E-state index in [0.717, 1.165) is 24.7 Å². The molecule has 0 saturated carbocycles. The van der Waals surface area contributed by atoms with Crippen LogP contribution < -0.4 is 5.32 Å². The Labute approximate surface area is 116 Å². The van der Waals surface area contributed by atoms with Crippen molar-refractivity contribution in [2.75, 3.05) is 7.05 Å². The summed E-state index contributed by atoms with van der Waals surface area (Å²) >= 11 is 0. The molecule has 0 bridgehead atoms. The van der Waals surface area contributed by atoms with Crippen LogP contribution in [-0.2, 0) is 13.0 Å². The van der Waals surface area contributed by atoms with Crippen molar-refractivity contribution in [3.8, 4) is 0 Å². The molecule has 0 radical (unpaired) electrons. The summed E-state index contributed by atoms with van der Waals surface area (Å²) in [6, 6.07) is 4.07. The Balaban J connectivity index is 2.24. The molecule has 0 spiro atoms. The summed E-state index contributed by atoms with van der Waals surface area (Å²) in [6.45, 7) is 2.80. The fourth-order valence-electron chi connectivity index (χ4n) is 2.20. The normalized spacial score (nSPS) is 12.6. The smallest absolute Gasteiger partial charge is 0.162 e. The molecule has 1 unspecified atom stereocenters. The van der Waals surface area contributed by atoms with Gasteiger partial charge in [0.2, 0.25) is 0 Å². The molecule has 0 aliphatic carbocycles. The maximum absolute atomic E-state index is 13.7. The predicted octanol–water partition coefficient (Wildman–Crippen LogP) is 2.47. The number of benzene rings is 1. The van der Waals surface area contributed by atoms with Crippen LogP contribution in [0, 0.1) is 11.6 Å². The van der Waals surface area contributed by atoms with Crippen LogP contribution in [0.5, 0.6) is 0 Å². The lowest BCUT2D eigenvalue weighted by Crippen LogP contribution is -2.23. The average Bonchev–Trinajstić information content (AvgIpc) is 2.89. The SMILES string of the molecule is CCCn1nncc1C(Cc1cccc(F)c1F)NC. The van der Waals surface area contributed by atoms with E-state index in [2.05, 4.69) is 15.6 Å². The van der Waals surface area contributed by atoms with Crippen molar-refractivity contribution < 1.29 is 8.78 Å². The maximum atomic E-state index is 13.7. The minimum atomic E-state index is -0.822. The second-order valence-corrected chi connectivity index (χ2v) is 4.64. The number of halogens is 2. The largest absolute Gasteiger partial charge is 0.311 e. The topological polar surface area (TPSA) is 42.7 Å². The van der Waals surface area contributed by atoms with Gasteiger partial charge in [-0.15, -0.1) is 5.10 Å². The van der Waals surface area contributed by atoms with Crippen molar-refractivity contribution in [1.29, 1.82) is 0 Å². The van der Waals surface area contributed by atoms with Crippen LogP contribution in [0.1, 0.15) is 30.6 Å². The lowest BCUT2D eigenvalue weighted by Gasteiger charge is -2.17. The van der Waals surface area contributed by atoms with Crippen LogP contribution in [0.15, 0.2) is 24.4 Å². The lowest BCUT2D eigenvalue weighted by atomic mass is 10.0. The zero-order chi connectivity index (χ0) is 14.5. The van der Waals surface area contributed by atoms with Crippen LogP contribution >= 0.6 is 0 Å². The summed E-state index contributed by atoms with van der Waals surface area (Å²) < 4.78 is 28.8. The first-order valence-corrected chi connectivity index (χ1v) is 6.65. The van der Waals surface area contributed by atoms with Crippen molar-refractivity contribution in [2.24, 2.45) is 0 Å². The summed E-state index contributed by atoms with van der Waals surface area (Å²) in [4.78, 5) is 0. The van der Waals surface area contributed by atoms with Crippen LogP contribution in [-0.4, -0.2) is 22.0 Å². The Morgan fingerprint density at radius 3 is 2.85 bits per heavy atom. The standard InChI is InChI=1S/C14H18F2N4/c1-3-7-20-13(9-18-19-20)12(17-2)8-10-5-4-6-11(15)14(10)16/h4-6,9,12,17H,3,7-8H2,1-2H3. The minimum absolute atomic E-state index is 0.159. The summed E-state index contributed by atoms with van der Waals surface area (Å²) in [7, 11) is 1.78. The molecule has 6 heteroatoms. The molecule has 0 aliphatic heterocycles. The number of rotatable bonds is 6. The van der Waals surface area contributed by atoms with Crippen molar-refractivity contribution in [2.45, 2.75) is 32.4 Å². The third-order valence-electron chi connectivity index (χ3n) is 3.24. The van der Waals surface area contributed by atoms with Crippen LogP contribution in [0.25, 0.3) is 0 Å². The van der Waals surface area contributed by atoms with Gasteiger partial charge >= 0.3 is 0 Å². The number of hydrogen-bond acceptors (Lipinski definition) is 3. The molecule has 4 nitrogen and oxygen atoms in total. The summed E-state index contributed by atoms with van der Waals surface area (Å²) in [5.74, 6) is -1.61. The van der Waals surface area contributed by atoms with Crippen LogP contribution in [0.2, 0.25) is 0 Å². The van der Waals surface area contributed by atoms with Gasteiger partial charge in [-0.05, 0) is 31.5 Å². The van der Waals surface area contributed by atoms with E-state index in [1.165, 1.54) is 6.07 Å². The van der Waals surface area contributed by atoms with Gasteiger partial charge in [-0.3, -0.25) is 0 Å². The zero-order valence-electron chi connectivity index (χ0n) is 11.6. The molecule has 1 N–H and O–H groups in total. The highest BCUT2D eigenvalue weighted by Crippen LogP contribution is 2.20. The molecular formula is C14H18F2N4. The second-order valence-electron chi connectivity index (χ2n) is 4.64. The number of nitrogens with one attached hydrogen (secondary N) is 1. The molecule has 0 amide bonds. The molecule has 20 heavy (non-hydrogen) atoms. The quantitative estimate of drug-likeness (QED) is 0.884. The van der Waals surface area contributed by atoms with Crippen LogP contribution in [0.4, 0.5) is 8.78 Å². The first kappa shape index (κ1) is 14.6. The molecule has 0 fully saturated rings. The number of aryl methyl sites for hydroxylation is 1. The van der Waals surface area contributed by atoms with Gasteiger partial charge < -0.3 is 5.32 Å². The Morgan fingerprint density at radius 1 is 1.35 bits per heavy atom. The Bertz CT molecular complexity index is 568. The van der Waals surface area contributed by atoms with Crippen molar-refractivity contribution >= 4 is 0 Å². The van der Waals surface area contributed by atoms with E-state index in [4.69, 9.17) is 0 Å². The average molecular weight is 280 g/mol. The fourth-order valence-corrected chi connectivity index (χ4v) is 2.20. The van der Waals surface area contributed by atoms with Crippen molar-refractivity contribution in [1.82, 2.24) is 20.3 Å². The minimum Gasteiger partial charge on any atom is -0.311 e. The zero-order valence-corrected chi connectivity index (χ0v) is 11.6. The number of nitrogens with zero attached hydrogens (tertiary/aromatic N) is 3. The molecule has 1 atom stereocenters. The molecule has 108 valence electrons. The highest BCUT2D eigenvalue weighted by atomic mass is 19.2. The van der Waals surface area contributed by atoms with E-state index in [9.17, 15) is 8.78 Å². The third kappa shape index (κ3) is 3.01. The van der Waals surface area contributed by atoms with Crippen molar-refractivity contribution in [3.05, 3.63) is 47.3 Å². The summed E-state index contributed by atoms with van der Waals surface area (Å²) in [6.07, 6.45) is 2.94. The molecule has 2 aromatic rings. The van der Waals surface area contributed by atoms with E-state index >= 15 is 0 Å². The van der Waals surface area contributed by atoms with Gasteiger partial charge in [-0.2, -0.15) is 0 Å². The fraction of sp³-hybridized carbons (Fsp3) is 0.429. The van der Waals surface area contributed by atoms with Crippen LogP contribution in [0.3, 0.4) is 0 Å². The maximum Gasteiger partial charge on any atom is 0.162 e. The Kier molecular flexibility index (Phi) is 4.79. The van der Waals surface area contributed by atoms with Gasteiger partial charge in [0.1, 0.15) is 0 Å². The molecule has 2 rings (SSSR count). The predicted molar refractivity (Wildman–Crippen MR) is 72.2 cm³/mol. The summed E-state index contributed by atoms with van der Waals surface area (Å²) in [5, 5.41) is 11.0. The highest BCUT2D eigenvalue weighted by Gasteiger charge is 2.18. The van der Waals surface area contributed by atoms with Gasteiger partial charge in [0, 0.05) is 6.54 Å². The monoisotopic (exact) mass is 280 g/mol. The first-order valence-electron chi connectivity index (χ1n) is 6.65. The number of hydrogen-bond donors (Lipinski definition) is 1. The van der Waals surface area contributed by atoms with E-state index < -0.39 is 11.6 Å². The van der Waals surface area contributed by atoms with Crippen molar-refractivity contribution in [3.63, 3.8) is 0 Å². The van der Waals surface area contributed by atoms with E-state index in [1.54, 1.807) is 24.0 Å². The van der Waals surface area contributed by atoms with Gasteiger partial charge in [-0.25, -0.2) is 13.5 Å². The van der Waals surface area contributed by atoms with E-state index in [1.807, 2.05) is 6.92 Å². The van der Waals surface area contributed by atoms with Gasteiger partial charge in [0.25, 0.3) is 0 Å². The molecule has 1 aromatic carbocycles. The summed E-state index contributed by atoms with van der Waals surface area (Å²) in [5.41, 5.74) is 1.21. The van der Waals surface area contributed by atoms with Gasteiger partial charge in [0.05, 0.1) is 17.9 Å².